The van der Waals surface area contributed by atoms with Crippen molar-refractivity contribution in [2.24, 2.45) is 0 Å². The number of rotatable bonds is 4. The molecule has 1 aliphatic heterocycles. The maximum absolute atomic E-state index is 13.2. The van der Waals surface area contributed by atoms with Crippen LogP contribution in [0.1, 0.15) is 29.4 Å². The molecule has 1 atom stereocenters. The molecule has 0 bridgehead atoms. The van der Waals surface area contributed by atoms with E-state index in [9.17, 15) is 22.0 Å². The van der Waals surface area contributed by atoms with Gasteiger partial charge in [-0.2, -0.15) is 5.10 Å². The first-order valence-corrected chi connectivity index (χ1v) is 9.98. The van der Waals surface area contributed by atoms with Gasteiger partial charge in [0, 0.05) is 23.0 Å². The molecule has 1 aromatic heterocycles. The highest BCUT2D eigenvalue weighted by Crippen LogP contribution is 2.27. The normalized spacial score (nSPS) is 18.8. The van der Waals surface area contributed by atoms with Gasteiger partial charge in [-0.3, -0.25) is 9.48 Å². The second-order valence-electron chi connectivity index (χ2n) is 6.50. The first kappa shape index (κ1) is 18.5. The van der Waals surface area contributed by atoms with Gasteiger partial charge in [-0.1, -0.05) is 0 Å². The summed E-state index contributed by atoms with van der Waals surface area (Å²) in [5.41, 5.74) is 2.25. The van der Waals surface area contributed by atoms with Crippen molar-refractivity contribution in [2.75, 3.05) is 16.8 Å². The molecule has 1 aliphatic rings. The van der Waals surface area contributed by atoms with E-state index in [0.717, 1.165) is 17.8 Å². The number of hydrogen-bond acceptors (Lipinski definition) is 4. The lowest BCUT2D eigenvalue weighted by atomic mass is 10.1. The van der Waals surface area contributed by atoms with E-state index < -0.39 is 21.5 Å². The van der Waals surface area contributed by atoms with Crippen LogP contribution in [0, 0.1) is 25.5 Å². The zero-order valence-corrected chi connectivity index (χ0v) is 15.2. The first-order chi connectivity index (χ1) is 12.2. The molecule has 1 unspecified atom stereocenters. The largest absolute Gasteiger partial charge is 0.326 e. The predicted octanol–water partition coefficient (Wildman–Crippen LogP) is 2.32. The summed E-state index contributed by atoms with van der Waals surface area (Å²) >= 11 is 0. The average Bonchev–Trinajstić information content (AvgIpc) is 3.04. The van der Waals surface area contributed by atoms with Crippen molar-refractivity contribution in [1.82, 2.24) is 9.78 Å². The molecule has 9 heteroatoms. The first-order valence-electron chi connectivity index (χ1n) is 8.16. The summed E-state index contributed by atoms with van der Waals surface area (Å²) in [6.45, 7) is 3.55. The fourth-order valence-electron chi connectivity index (χ4n) is 3.22. The average molecular weight is 383 g/mol. The van der Waals surface area contributed by atoms with Crippen LogP contribution in [0.4, 0.5) is 14.5 Å². The van der Waals surface area contributed by atoms with Crippen molar-refractivity contribution < 1.29 is 22.0 Å². The molecule has 1 N–H and O–H groups in total. The Morgan fingerprint density at radius 3 is 2.65 bits per heavy atom. The monoisotopic (exact) mass is 383 g/mol. The van der Waals surface area contributed by atoms with Crippen LogP contribution in [0.2, 0.25) is 0 Å². The van der Waals surface area contributed by atoms with Crippen LogP contribution in [0.3, 0.4) is 0 Å². The van der Waals surface area contributed by atoms with Crippen LogP contribution in [0.5, 0.6) is 0 Å². The standard InChI is InChI=1S/C17H19F2N3O3S/c1-10-14(8-17(23)20-12-3-4-15(18)16(19)7-12)11(2)22(21-10)13-5-6-26(24,25)9-13/h3-4,7,13H,5-6,8-9H2,1-2H3,(H,20,23). The summed E-state index contributed by atoms with van der Waals surface area (Å²) in [5, 5.41) is 6.93. The van der Waals surface area contributed by atoms with Gasteiger partial charge < -0.3 is 5.32 Å². The van der Waals surface area contributed by atoms with Gasteiger partial charge in [0.2, 0.25) is 5.91 Å². The minimum Gasteiger partial charge on any atom is -0.326 e. The van der Waals surface area contributed by atoms with Crippen molar-refractivity contribution in [3.05, 3.63) is 46.8 Å². The fraction of sp³-hybridized carbons (Fsp3) is 0.412. The maximum Gasteiger partial charge on any atom is 0.228 e. The van der Waals surface area contributed by atoms with Crippen LogP contribution < -0.4 is 5.32 Å². The summed E-state index contributed by atoms with van der Waals surface area (Å²) in [6.07, 6.45) is 0.515. The third-order valence-electron chi connectivity index (χ3n) is 4.57. The SMILES string of the molecule is Cc1nn(C2CCS(=O)(=O)C2)c(C)c1CC(=O)Nc1ccc(F)c(F)c1. The minimum atomic E-state index is -3.04. The fourth-order valence-corrected chi connectivity index (χ4v) is 4.91. The second kappa shape index (κ2) is 6.79. The number of carbonyl (C=O) groups is 1. The Morgan fingerprint density at radius 2 is 2.04 bits per heavy atom. The van der Waals surface area contributed by atoms with Gasteiger partial charge >= 0.3 is 0 Å². The Bertz CT molecular complexity index is 970. The van der Waals surface area contributed by atoms with E-state index >= 15 is 0 Å². The Labute approximate surface area is 150 Å². The maximum atomic E-state index is 13.2. The highest BCUT2D eigenvalue weighted by molar-refractivity contribution is 7.91. The van der Waals surface area contributed by atoms with Gasteiger partial charge in [0.05, 0.1) is 29.7 Å². The van der Waals surface area contributed by atoms with Crippen LogP contribution in [0.15, 0.2) is 18.2 Å². The van der Waals surface area contributed by atoms with Gasteiger partial charge in [-0.05, 0) is 32.4 Å². The molecule has 3 rings (SSSR count). The molecule has 26 heavy (non-hydrogen) atoms. The quantitative estimate of drug-likeness (QED) is 0.879. The molecule has 140 valence electrons. The summed E-state index contributed by atoms with van der Waals surface area (Å²) in [6, 6.07) is 2.92. The van der Waals surface area contributed by atoms with E-state index in [1.807, 2.05) is 0 Å². The second-order valence-corrected chi connectivity index (χ2v) is 8.73. The lowest BCUT2D eigenvalue weighted by Crippen LogP contribution is -2.16. The lowest BCUT2D eigenvalue weighted by Gasteiger charge is -2.11. The lowest BCUT2D eigenvalue weighted by molar-refractivity contribution is -0.115. The van der Waals surface area contributed by atoms with E-state index in [4.69, 9.17) is 0 Å². The number of nitrogens with one attached hydrogen (secondary N) is 1. The van der Waals surface area contributed by atoms with E-state index in [1.54, 1.807) is 18.5 Å². The summed E-state index contributed by atoms with van der Waals surface area (Å²) in [4.78, 5) is 12.3. The number of hydrogen-bond donors (Lipinski definition) is 1. The van der Waals surface area contributed by atoms with Gasteiger partial charge in [-0.25, -0.2) is 17.2 Å². The number of sulfone groups is 1. The number of carbonyl (C=O) groups excluding carboxylic acids is 1. The highest BCUT2D eigenvalue weighted by Gasteiger charge is 2.31. The molecule has 0 saturated carbocycles. The number of halogens is 2. The summed E-state index contributed by atoms with van der Waals surface area (Å²) in [5.74, 6) is -2.22. The topological polar surface area (TPSA) is 81.1 Å². The van der Waals surface area contributed by atoms with Crippen LogP contribution in [0.25, 0.3) is 0 Å². The number of aryl methyl sites for hydroxylation is 1. The van der Waals surface area contributed by atoms with Crippen molar-refractivity contribution in [1.29, 1.82) is 0 Å². The third kappa shape index (κ3) is 3.77. The molecule has 0 radical (unpaired) electrons. The molecule has 0 aliphatic carbocycles. The molecule has 1 amide bonds. The zero-order chi connectivity index (χ0) is 19.1. The molecular formula is C17H19F2N3O3S. The van der Waals surface area contributed by atoms with Gasteiger partial charge in [0.25, 0.3) is 0 Å². The molecule has 1 fully saturated rings. The zero-order valence-electron chi connectivity index (χ0n) is 14.4. The molecular weight excluding hydrogens is 364 g/mol. The van der Waals surface area contributed by atoms with Crippen molar-refractivity contribution >= 4 is 21.4 Å². The van der Waals surface area contributed by atoms with Crippen LogP contribution in [-0.2, 0) is 21.1 Å². The number of benzene rings is 1. The molecule has 6 nitrogen and oxygen atoms in total. The van der Waals surface area contributed by atoms with E-state index in [1.165, 1.54) is 6.07 Å². The van der Waals surface area contributed by atoms with Gasteiger partial charge in [0.1, 0.15) is 0 Å². The molecule has 0 spiro atoms. The molecule has 1 saturated heterocycles. The smallest absolute Gasteiger partial charge is 0.228 e. The molecule has 2 heterocycles. The molecule has 2 aromatic rings. The number of anilines is 1. The van der Waals surface area contributed by atoms with E-state index in [0.29, 0.717) is 17.7 Å². The van der Waals surface area contributed by atoms with Crippen molar-refractivity contribution in [3.8, 4) is 0 Å². The number of amides is 1. The van der Waals surface area contributed by atoms with E-state index in [-0.39, 0.29) is 35.6 Å². The third-order valence-corrected chi connectivity index (χ3v) is 6.32. The number of nitrogens with zero attached hydrogens (tertiary/aromatic N) is 2. The van der Waals surface area contributed by atoms with Gasteiger partial charge in [0.15, 0.2) is 21.5 Å². The van der Waals surface area contributed by atoms with Crippen LogP contribution in [-0.4, -0.2) is 35.6 Å². The van der Waals surface area contributed by atoms with Crippen molar-refractivity contribution in [2.45, 2.75) is 32.7 Å². The molecule has 1 aromatic carbocycles. The van der Waals surface area contributed by atoms with E-state index in [2.05, 4.69) is 10.4 Å². The summed E-state index contributed by atoms with van der Waals surface area (Å²) in [7, 11) is -3.04. The Hall–Kier alpha value is -2.29. The Kier molecular flexibility index (Phi) is 4.83. The highest BCUT2D eigenvalue weighted by atomic mass is 32.2. The Balaban J connectivity index is 1.75. The Morgan fingerprint density at radius 1 is 1.31 bits per heavy atom. The minimum absolute atomic E-state index is 0.0101. The van der Waals surface area contributed by atoms with Gasteiger partial charge in [-0.15, -0.1) is 0 Å². The summed E-state index contributed by atoms with van der Waals surface area (Å²) < 4.78 is 51.2. The number of aromatic nitrogens is 2. The van der Waals surface area contributed by atoms with Crippen molar-refractivity contribution in [3.63, 3.8) is 0 Å². The predicted molar refractivity (Wildman–Crippen MR) is 92.7 cm³/mol. The van der Waals surface area contributed by atoms with Crippen LogP contribution >= 0.6 is 0 Å².